The fraction of sp³-hybridized carbons (Fsp3) is 0.667. The molecule has 1 aromatic heterocycles. The second-order valence-corrected chi connectivity index (χ2v) is 5.69. The van der Waals surface area contributed by atoms with E-state index in [2.05, 4.69) is 39.9 Å². The Morgan fingerprint density at radius 3 is 2.83 bits per heavy atom. The van der Waals surface area contributed by atoms with E-state index in [-0.39, 0.29) is 0 Å². The maximum absolute atomic E-state index is 4.60. The Bertz CT molecular complexity index is 398. The number of rotatable bonds is 3. The molecule has 0 radical (unpaired) electrons. The van der Waals surface area contributed by atoms with E-state index in [0.717, 1.165) is 18.3 Å². The lowest BCUT2D eigenvalue weighted by atomic mass is 10.2. The molecule has 0 saturated carbocycles. The number of hydrogen-bond acceptors (Lipinski definition) is 3. The first-order valence-corrected chi connectivity index (χ1v) is 7.20. The zero-order valence-corrected chi connectivity index (χ0v) is 11.3. The first-order chi connectivity index (χ1) is 8.81. The van der Waals surface area contributed by atoms with Gasteiger partial charge in [0.25, 0.3) is 0 Å². The van der Waals surface area contributed by atoms with Crippen LogP contribution in [0.25, 0.3) is 0 Å². The highest BCUT2D eigenvalue weighted by Crippen LogP contribution is 2.21. The van der Waals surface area contributed by atoms with Gasteiger partial charge in [0.15, 0.2) is 0 Å². The van der Waals surface area contributed by atoms with Crippen molar-refractivity contribution in [2.45, 2.75) is 38.8 Å². The quantitative estimate of drug-likeness (QED) is 0.812. The summed E-state index contributed by atoms with van der Waals surface area (Å²) in [7, 11) is 0. The molecule has 0 bridgehead atoms. The van der Waals surface area contributed by atoms with Crippen LogP contribution in [0.2, 0.25) is 0 Å². The van der Waals surface area contributed by atoms with Gasteiger partial charge in [-0.1, -0.05) is 6.07 Å². The van der Waals surface area contributed by atoms with Crippen molar-refractivity contribution in [3.05, 3.63) is 29.6 Å². The van der Waals surface area contributed by atoms with Crippen LogP contribution in [0.5, 0.6) is 0 Å². The van der Waals surface area contributed by atoms with Crippen LogP contribution >= 0.6 is 0 Å². The Morgan fingerprint density at radius 1 is 1.22 bits per heavy atom. The minimum Gasteiger partial charge on any atom is -0.299 e. The van der Waals surface area contributed by atoms with Gasteiger partial charge in [-0.05, 0) is 51.4 Å². The Morgan fingerprint density at radius 2 is 2.06 bits per heavy atom. The fourth-order valence-electron chi connectivity index (χ4n) is 3.28. The number of pyridine rings is 1. The highest BCUT2D eigenvalue weighted by atomic mass is 15.3. The van der Waals surface area contributed by atoms with Crippen LogP contribution in [-0.4, -0.2) is 47.0 Å². The predicted molar refractivity (Wildman–Crippen MR) is 73.5 cm³/mol. The first-order valence-electron chi connectivity index (χ1n) is 7.20. The summed E-state index contributed by atoms with van der Waals surface area (Å²) >= 11 is 0. The van der Waals surface area contributed by atoms with Gasteiger partial charge in [-0.15, -0.1) is 0 Å². The van der Waals surface area contributed by atoms with Crippen LogP contribution in [0.1, 0.15) is 30.7 Å². The average Bonchev–Trinajstić information content (AvgIpc) is 2.98. The van der Waals surface area contributed by atoms with E-state index < -0.39 is 0 Å². The lowest BCUT2D eigenvalue weighted by Crippen LogP contribution is -2.35. The molecular weight excluding hydrogens is 222 g/mol. The van der Waals surface area contributed by atoms with Crippen molar-refractivity contribution >= 4 is 0 Å². The topological polar surface area (TPSA) is 19.4 Å². The molecule has 2 aliphatic heterocycles. The molecule has 0 N–H and O–H groups in total. The van der Waals surface area contributed by atoms with Gasteiger partial charge in [0.2, 0.25) is 0 Å². The first kappa shape index (κ1) is 12.1. The smallest absolute Gasteiger partial charge is 0.0547 e. The molecule has 1 atom stereocenters. The Labute approximate surface area is 110 Å². The average molecular weight is 245 g/mol. The largest absolute Gasteiger partial charge is 0.299 e. The molecule has 0 amide bonds. The van der Waals surface area contributed by atoms with Crippen LogP contribution in [0.15, 0.2) is 18.2 Å². The molecule has 98 valence electrons. The summed E-state index contributed by atoms with van der Waals surface area (Å²) in [6.07, 6.45) is 4.14. The summed E-state index contributed by atoms with van der Waals surface area (Å²) in [5.74, 6) is 0. The molecule has 3 rings (SSSR count). The van der Waals surface area contributed by atoms with Gasteiger partial charge in [-0.3, -0.25) is 14.8 Å². The van der Waals surface area contributed by atoms with Crippen LogP contribution in [-0.2, 0) is 6.54 Å². The number of aryl methyl sites for hydroxylation is 1. The lowest BCUT2D eigenvalue weighted by Gasteiger charge is -2.23. The third-order valence-corrected chi connectivity index (χ3v) is 4.24. The molecule has 0 unspecified atom stereocenters. The molecular formula is C15H23N3. The third-order valence-electron chi connectivity index (χ3n) is 4.24. The fourth-order valence-corrected chi connectivity index (χ4v) is 3.28. The summed E-state index contributed by atoms with van der Waals surface area (Å²) in [4.78, 5) is 9.85. The van der Waals surface area contributed by atoms with E-state index in [1.54, 1.807) is 0 Å². The van der Waals surface area contributed by atoms with Crippen molar-refractivity contribution in [1.82, 2.24) is 14.8 Å². The molecule has 3 heteroatoms. The van der Waals surface area contributed by atoms with E-state index in [0.29, 0.717) is 0 Å². The molecule has 3 heterocycles. The van der Waals surface area contributed by atoms with E-state index >= 15 is 0 Å². The van der Waals surface area contributed by atoms with Crippen LogP contribution in [0.4, 0.5) is 0 Å². The van der Waals surface area contributed by atoms with Crippen molar-refractivity contribution in [2.75, 3.05) is 26.2 Å². The molecule has 2 fully saturated rings. The Kier molecular flexibility index (Phi) is 3.62. The Hall–Kier alpha value is -0.930. The van der Waals surface area contributed by atoms with Gasteiger partial charge in [0.1, 0.15) is 0 Å². The number of likely N-dealkylation sites (tertiary alicyclic amines) is 2. The molecule has 1 aromatic rings. The van der Waals surface area contributed by atoms with Gasteiger partial charge in [0.05, 0.1) is 5.69 Å². The van der Waals surface area contributed by atoms with Crippen molar-refractivity contribution in [3.8, 4) is 0 Å². The summed E-state index contributed by atoms with van der Waals surface area (Å²) in [6, 6.07) is 7.14. The maximum Gasteiger partial charge on any atom is 0.0547 e. The molecule has 18 heavy (non-hydrogen) atoms. The zero-order valence-electron chi connectivity index (χ0n) is 11.3. The molecule has 0 aromatic carbocycles. The summed E-state index contributed by atoms with van der Waals surface area (Å²) in [5.41, 5.74) is 2.35. The second-order valence-electron chi connectivity index (χ2n) is 5.69. The van der Waals surface area contributed by atoms with Crippen LogP contribution in [0, 0.1) is 6.92 Å². The Balaban J connectivity index is 1.55. The molecule has 0 spiro atoms. The normalized spacial score (nSPS) is 25.9. The summed E-state index contributed by atoms with van der Waals surface area (Å²) in [6.45, 7) is 8.20. The van der Waals surface area contributed by atoms with Crippen LogP contribution < -0.4 is 0 Å². The van der Waals surface area contributed by atoms with Crippen molar-refractivity contribution in [2.24, 2.45) is 0 Å². The van der Waals surface area contributed by atoms with Gasteiger partial charge in [-0.2, -0.15) is 0 Å². The van der Waals surface area contributed by atoms with Crippen LogP contribution in [0.3, 0.4) is 0 Å². The minimum atomic E-state index is 0.803. The number of aromatic nitrogens is 1. The standard InChI is InChI=1S/C15H23N3/c1-13-5-4-6-14(16-13)11-17-10-7-15(12-17)18-8-2-3-9-18/h4-6,15H,2-3,7-12H2,1H3/t15-/m0/s1. The molecule has 2 saturated heterocycles. The second kappa shape index (κ2) is 5.37. The van der Waals surface area contributed by atoms with Gasteiger partial charge < -0.3 is 0 Å². The van der Waals surface area contributed by atoms with Crippen molar-refractivity contribution < 1.29 is 0 Å². The van der Waals surface area contributed by atoms with Gasteiger partial charge in [0, 0.05) is 31.4 Å². The highest BCUT2D eigenvalue weighted by Gasteiger charge is 2.29. The predicted octanol–water partition coefficient (Wildman–Crippen LogP) is 2.06. The number of nitrogens with zero attached hydrogens (tertiary/aromatic N) is 3. The van der Waals surface area contributed by atoms with Gasteiger partial charge >= 0.3 is 0 Å². The van der Waals surface area contributed by atoms with E-state index in [1.807, 2.05) is 0 Å². The summed E-state index contributed by atoms with van der Waals surface area (Å²) < 4.78 is 0. The minimum absolute atomic E-state index is 0.803. The third kappa shape index (κ3) is 2.73. The summed E-state index contributed by atoms with van der Waals surface area (Å²) in [5, 5.41) is 0. The van der Waals surface area contributed by atoms with Crippen molar-refractivity contribution in [3.63, 3.8) is 0 Å². The van der Waals surface area contributed by atoms with E-state index in [4.69, 9.17) is 0 Å². The maximum atomic E-state index is 4.60. The van der Waals surface area contributed by atoms with E-state index in [1.165, 1.54) is 51.1 Å². The number of hydrogen-bond donors (Lipinski definition) is 0. The highest BCUT2D eigenvalue weighted by molar-refractivity contribution is 5.10. The van der Waals surface area contributed by atoms with Crippen molar-refractivity contribution in [1.29, 1.82) is 0 Å². The molecule has 3 nitrogen and oxygen atoms in total. The van der Waals surface area contributed by atoms with E-state index in [9.17, 15) is 0 Å². The SMILES string of the molecule is Cc1cccc(CN2CC[C@H](N3CCCC3)C2)n1. The lowest BCUT2D eigenvalue weighted by molar-refractivity contribution is 0.229. The monoisotopic (exact) mass is 245 g/mol. The molecule has 0 aliphatic carbocycles. The zero-order chi connectivity index (χ0) is 12.4. The van der Waals surface area contributed by atoms with Gasteiger partial charge in [-0.25, -0.2) is 0 Å². The molecule has 2 aliphatic rings.